The molecule has 0 radical (unpaired) electrons. The highest BCUT2D eigenvalue weighted by molar-refractivity contribution is 5.70. The fraction of sp³-hybridized carbons (Fsp3) is 0.875. The summed E-state index contributed by atoms with van der Waals surface area (Å²) in [5.74, 6) is -0.533. The molecule has 23 heavy (non-hydrogen) atoms. The summed E-state index contributed by atoms with van der Waals surface area (Å²) in [6.07, 6.45) is 1.47. The van der Waals surface area contributed by atoms with Crippen molar-refractivity contribution in [2.45, 2.75) is 26.2 Å². The van der Waals surface area contributed by atoms with Crippen LogP contribution in [-0.2, 0) is 23.8 Å². The smallest absolute Gasteiger partial charge is 0.307 e. The number of carbonyl (C=O) groups is 2. The summed E-state index contributed by atoms with van der Waals surface area (Å²) < 4.78 is 15.4. The Morgan fingerprint density at radius 1 is 0.783 bits per heavy atom. The fourth-order valence-electron chi connectivity index (χ4n) is 1.62. The van der Waals surface area contributed by atoms with Crippen LogP contribution in [0.1, 0.15) is 26.2 Å². The summed E-state index contributed by atoms with van der Waals surface area (Å²) in [5.41, 5.74) is 0. The van der Waals surface area contributed by atoms with E-state index in [9.17, 15) is 9.59 Å². The van der Waals surface area contributed by atoms with Crippen molar-refractivity contribution in [1.29, 1.82) is 0 Å². The molecule has 0 bridgehead atoms. The van der Waals surface area contributed by atoms with Gasteiger partial charge in [0.1, 0.15) is 13.2 Å². The Hall–Kier alpha value is -1.18. The van der Waals surface area contributed by atoms with Crippen LogP contribution in [0.4, 0.5) is 0 Å². The minimum absolute atomic E-state index is 0.117. The predicted octanol–water partition coefficient (Wildman–Crippen LogP) is 0.773. The van der Waals surface area contributed by atoms with Gasteiger partial charge in [-0.2, -0.15) is 0 Å². The number of nitrogens with zero attached hydrogens (tertiary/aromatic N) is 2. The maximum Gasteiger partial charge on any atom is 0.307 e. The maximum absolute atomic E-state index is 11.5. The van der Waals surface area contributed by atoms with E-state index in [1.54, 1.807) is 0 Å². The van der Waals surface area contributed by atoms with E-state index < -0.39 is 0 Å². The Labute approximate surface area is 139 Å². The third-order valence-electron chi connectivity index (χ3n) is 3.06. The summed E-state index contributed by atoms with van der Waals surface area (Å²) in [5, 5.41) is 0. The van der Waals surface area contributed by atoms with Crippen LogP contribution in [0, 0.1) is 0 Å². The lowest BCUT2D eigenvalue weighted by molar-refractivity contribution is -0.152. The van der Waals surface area contributed by atoms with Crippen LogP contribution in [0.25, 0.3) is 0 Å². The molecule has 0 fully saturated rings. The number of carbonyl (C=O) groups excluding carboxylic acids is 2. The molecular weight excluding hydrogens is 300 g/mol. The van der Waals surface area contributed by atoms with E-state index in [1.165, 1.54) is 0 Å². The molecule has 0 rings (SSSR count). The van der Waals surface area contributed by atoms with Crippen LogP contribution in [0.2, 0.25) is 0 Å². The third-order valence-corrected chi connectivity index (χ3v) is 3.06. The molecule has 0 aliphatic carbocycles. The first-order valence-corrected chi connectivity index (χ1v) is 8.18. The first kappa shape index (κ1) is 21.8. The van der Waals surface area contributed by atoms with Gasteiger partial charge in [0, 0.05) is 26.1 Å². The Morgan fingerprint density at radius 3 is 1.91 bits per heavy atom. The van der Waals surface area contributed by atoms with Crippen LogP contribution in [0.5, 0.6) is 0 Å². The lowest BCUT2D eigenvalue weighted by Gasteiger charge is -2.16. The van der Waals surface area contributed by atoms with Crippen LogP contribution in [0.3, 0.4) is 0 Å². The molecule has 0 aromatic heterocycles. The standard InChI is InChI=1S/C16H32N2O5/c1-5-6-15(19)22-13-14-23-16(20)7-8-18(4)10-12-21-11-9-17(2)3/h5-14H2,1-4H3. The normalized spacial score (nSPS) is 11.0. The van der Waals surface area contributed by atoms with Gasteiger partial charge in [-0.25, -0.2) is 0 Å². The molecule has 0 amide bonds. The number of hydrogen-bond acceptors (Lipinski definition) is 7. The zero-order valence-electron chi connectivity index (χ0n) is 15.0. The van der Waals surface area contributed by atoms with Crippen molar-refractivity contribution in [1.82, 2.24) is 9.80 Å². The zero-order chi connectivity index (χ0) is 17.5. The second-order valence-electron chi connectivity index (χ2n) is 5.66. The topological polar surface area (TPSA) is 68.3 Å². The molecule has 0 saturated carbocycles. The Kier molecular flexibility index (Phi) is 13.7. The van der Waals surface area contributed by atoms with Gasteiger partial charge in [-0.3, -0.25) is 9.59 Å². The van der Waals surface area contributed by atoms with Gasteiger partial charge in [-0.1, -0.05) is 6.92 Å². The molecule has 0 saturated heterocycles. The Balaban J connectivity index is 3.48. The first-order chi connectivity index (χ1) is 11.0. The minimum atomic E-state index is -0.281. The number of rotatable bonds is 14. The largest absolute Gasteiger partial charge is 0.462 e. The van der Waals surface area contributed by atoms with Gasteiger partial charge in [-0.05, 0) is 27.6 Å². The van der Waals surface area contributed by atoms with Gasteiger partial charge >= 0.3 is 11.9 Å². The highest BCUT2D eigenvalue weighted by Crippen LogP contribution is 1.94. The van der Waals surface area contributed by atoms with Crippen molar-refractivity contribution >= 4 is 11.9 Å². The zero-order valence-corrected chi connectivity index (χ0v) is 15.0. The van der Waals surface area contributed by atoms with E-state index in [2.05, 4.69) is 4.90 Å². The number of ether oxygens (including phenoxy) is 3. The second kappa shape index (κ2) is 14.4. The summed E-state index contributed by atoms with van der Waals surface area (Å²) in [6.45, 7) is 5.79. The summed E-state index contributed by atoms with van der Waals surface area (Å²) in [6, 6.07) is 0. The van der Waals surface area contributed by atoms with E-state index in [0.717, 1.165) is 19.5 Å². The molecule has 0 aromatic carbocycles. The van der Waals surface area contributed by atoms with Gasteiger partial charge in [0.2, 0.25) is 0 Å². The van der Waals surface area contributed by atoms with E-state index in [4.69, 9.17) is 14.2 Å². The van der Waals surface area contributed by atoms with Gasteiger partial charge < -0.3 is 24.0 Å². The summed E-state index contributed by atoms with van der Waals surface area (Å²) in [7, 11) is 5.95. The molecule has 0 unspecified atom stereocenters. The fourth-order valence-corrected chi connectivity index (χ4v) is 1.62. The molecule has 0 N–H and O–H groups in total. The SMILES string of the molecule is CCCC(=O)OCCOC(=O)CCN(C)CCOCCN(C)C. The van der Waals surface area contributed by atoms with Crippen LogP contribution in [-0.4, -0.2) is 88.9 Å². The van der Waals surface area contributed by atoms with Gasteiger partial charge in [-0.15, -0.1) is 0 Å². The quantitative estimate of drug-likeness (QED) is 0.344. The van der Waals surface area contributed by atoms with Gasteiger partial charge in [0.25, 0.3) is 0 Å². The predicted molar refractivity (Wildman–Crippen MR) is 88.3 cm³/mol. The monoisotopic (exact) mass is 332 g/mol. The van der Waals surface area contributed by atoms with Crippen LogP contribution < -0.4 is 0 Å². The third kappa shape index (κ3) is 15.5. The van der Waals surface area contributed by atoms with E-state index >= 15 is 0 Å². The lowest BCUT2D eigenvalue weighted by atomic mass is 10.3. The molecule has 0 spiro atoms. The van der Waals surface area contributed by atoms with E-state index in [0.29, 0.717) is 32.6 Å². The molecule has 7 nitrogen and oxygen atoms in total. The Morgan fingerprint density at radius 2 is 1.35 bits per heavy atom. The number of esters is 2. The summed E-state index contributed by atoms with van der Waals surface area (Å²) >= 11 is 0. The van der Waals surface area contributed by atoms with Crippen LogP contribution >= 0.6 is 0 Å². The highest BCUT2D eigenvalue weighted by Gasteiger charge is 2.07. The average Bonchev–Trinajstić information content (AvgIpc) is 2.49. The van der Waals surface area contributed by atoms with Crippen LogP contribution in [0.15, 0.2) is 0 Å². The highest BCUT2D eigenvalue weighted by atomic mass is 16.6. The van der Waals surface area contributed by atoms with E-state index in [-0.39, 0.29) is 25.2 Å². The molecule has 0 atom stereocenters. The molecule has 0 aliphatic heterocycles. The average molecular weight is 332 g/mol. The number of likely N-dealkylation sites (N-methyl/N-ethyl adjacent to an activating group) is 2. The van der Waals surface area contributed by atoms with Crippen molar-refractivity contribution in [3.8, 4) is 0 Å². The van der Waals surface area contributed by atoms with Gasteiger partial charge in [0.05, 0.1) is 19.6 Å². The summed E-state index contributed by atoms with van der Waals surface area (Å²) in [4.78, 5) is 26.7. The molecule has 0 aromatic rings. The van der Waals surface area contributed by atoms with Crippen molar-refractivity contribution in [2.75, 3.05) is 67.2 Å². The molecule has 136 valence electrons. The molecule has 0 aliphatic rings. The first-order valence-electron chi connectivity index (χ1n) is 8.18. The van der Waals surface area contributed by atoms with Crippen molar-refractivity contribution in [2.24, 2.45) is 0 Å². The minimum Gasteiger partial charge on any atom is -0.462 e. The molecule has 0 heterocycles. The molecule has 7 heteroatoms. The molecular formula is C16H32N2O5. The second-order valence-corrected chi connectivity index (χ2v) is 5.66. The maximum atomic E-state index is 11.5. The van der Waals surface area contributed by atoms with Gasteiger partial charge in [0.15, 0.2) is 0 Å². The van der Waals surface area contributed by atoms with Crippen molar-refractivity contribution in [3.05, 3.63) is 0 Å². The number of hydrogen-bond donors (Lipinski definition) is 0. The van der Waals surface area contributed by atoms with E-state index in [1.807, 2.05) is 33.0 Å². The van der Waals surface area contributed by atoms with Crippen molar-refractivity contribution < 1.29 is 23.8 Å². The Bertz CT molecular complexity index is 324. The lowest BCUT2D eigenvalue weighted by Crippen LogP contribution is -2.27. The van der Waals surface area contributed by atoms with Crippen molar-refractivity contribution in [3.63, 3.8) is 0 Å².